The first-order valence-corrected chi connectivity index (χ1v) is 12.6. The molecule has 6 nitrogen and oxygen atoms in total. The highest BCUT2D eigenvalue weighted by Gasteiger charge is 2.38. The van der Waals surface area contributed by atoms with Crippen LogP contribution in [0.4, 0.5) is 18.9 Å². The molecule has 0 unspecified atom stereocenters. The van der Waals surface area contributed by atoms with Crippen molar-refractivity contribution < 1.29 is 18.3 Å². The molecule has 2 aromatic heterocycles. The lowest BCUT2D eigenvalue weighted by Gasteiger charge is -2.42. The molecular weight excluding hydrogens is 467 g/mol. The lowest BCUT2D eigenvalue weighted by atomic mass is 9.79. The molecule has 1 saturated heterocycles. The van der Waals surface area contributed by atoms with Crippen molar-refractivity contribution in [3.8, 4) is 0 Å². The molecule has 36 heavy (non-hydrogen) atoms. The zero-order valence-corrected chi connectivity index (χ0v) is 20.4. The Bertz CT molecular complexity index is 1210. The van der Waals surface area contributed by atoms with Crippen molar-refractivity contribution in [2.45, 2.75) is 56.7 Å². The van der Waals surface area contributed by atoms with Gasteiger partial charge in [0.1, 0.15) is 11.4 Å². The smallest absolute Gasteiger partial charge is 0.266 e. The van der Waals surface area contributed by atoms with Crippen LogP contribution in [-0.4, -0.2) is 52.2 Å². The molecule has 0 radical (unpaired) electrons. The first-order chi connectivity index (χ1) is 17.4. The maximum atomic E-state index is 14.7. The van der Waals surface area contributed by atoms with Gasteiger partial charge in [0.05, 0.1) is 29.0 Å². The van der Waals surface area contributed by atoms with Gasteiger partial charge in [-0.1, -0.05) is 18.2 Å². The molecule has 0 amide bonds. The number of aliphatic hydroxyl groups is 1. The van der Waals surface area contributed by atoms with Gasteiger partial charge in [-0.15, -0.1) is 0 Å². The standard InChI is InChI=1S/C27H32F3N5O/c1-17(19-3-2-4-20(25(19)28)26(29)30)34-22-7-10-32-23-16-33-24(15-21(22)23)27(36)8-5-18(6-9-27)35-13-11-31-12-14-35/h2-4,7,10,15-18,26,31,36H,5-6,8-9,11-14H2,1H3,(H,32,34)/t17-,18?,27?/m1/s1. The Hall–Kier alpha value is -2.75. The lowest BCUT2D eigenvalue weighted by molar-refractivity contribution is -0.0296. The van der Waals surface area contributed by atoms with Crippen LogP contribution in [0, 0.1) is 5.82 Å². The first kappa shape index (κ1) is 24.9. The van der Waals surface area contributed by atoms with Gasteiger partial charge in [0.25, 0.3) is 6.43 Å². The van der Waals surface area contributed by atoms with Crippen molar-refractivity contribution in [2.24, 2.45) is 0 Å². The van der Waals surface area contributed by atoms with Gasteiger partial charge in [-0.25, -0.2) is 13.2 Å². The van der Waals surface area contributed by atoms with Crippen LogP contribution in [0.5, 0.6) is 0 Å². The molecule has 2 aliphatic rings. The number of aromatic nitrogens is 2. The number of nitrogens with zero attached hydrogens (tertiary/aromatic N) is 3. The maximum Gasteiger partial charge on any atom is 0.266 e. The SMILES string of the molecule is C[C@@H](Nc1ccnc2cnc(C3(O)CCC(N4CCNCC4)CC3)cc12)c1cccc(C(F)F)c1F. The highest BCUT2D eigenvalue weighted by atomic mass is 19.3. The number of alkyl halides is 2. The number of hydrogen-bond acceptors (Lipinski definition) is 6. The number of rotatable bonds is 6. The highest BCUT2D eigenvalue weighted by Crippen LogP contribution is 2.39. The van der Waals surface area contributed by atoms with Gasteiger partial charge in [-0.3, -0.25) is 14.9 Å². The van der Waals surface area contributed by atoms with Gasteiger partial charge in [0.15, 0.2) is 0 Å². The molecule has 5 rings (SSSR count). The summed E-state index contributed by atoms with van der Waals surface area (Å²) in [6.45, 7) is 5.82. The number of anilines is 1. The summed E-state index contributed by atoms with van der Waals surface area (Å²) in [4.78, 5) is 11.5. The van der Waals surface area contributed by atoms with Crippen LogP contribution in [0.1, 0.15) is 61.9 Å². The fraction of sp³-hybridized carbons (Fsp3) is 0.481. The molecular formula is C27H32F3N5O. The molecule has 2 fully saturated rings. The predicted molar refractivity (Wildman–Crippen MR) is 134 cm³/mol. The summed E-state index contributed by atoms with van der Waals surface area (Å²) in [5.74, 6) is -0.899. The fourth-order valence-electron chi connectivity index (χ4n) is 5.56. The topological polar surface area (TPSA) is 73.3 Å². The van der Waals surface area contributed by atoms with E-state index < -0.39 is 29.4 Å². The molecule has 3 N–H and O–H groups in total. The van der Waals surface area contributed by atoms with E-state index in [0.717, 1.165) is 50.5 Å². The monoisotopic (exact) mass is 499 g/mol. The van der Waals surface area contributed by atoms with Crippen molar-refractivity contribution in [1.29, 1.82) is 0 Å². The number of benzene rings is 1. The van der Waals surface area contributed by atoms with Gasteiger partial charge < -0.3 is 15.7 Å². The average molecular weight is 500 g/mol. The number of hydrogen-bond donors (Lipinski definition) is 3. The van der Waals surface area contributed by atoms with E-state index in [4.69, 9.17) is 0 Å². The Kier molecular flexibility index (Phi) is 7.14. The molecule has 3 heterocycles. The zero-order chi connectivity index (χ0) is 25.3. The van der Waals surface area contributed by atoms with Crippen molar-refractivity contribution in [2.75, 3.05) is 31.5 Å². The quantitative estimate of drug-likeness (QED) is 0.448. The second kappa shape index (κ2) is 10.3. The summed E-state index contributed by atoms with van der Waals surface area (Å²) >= 11 is 0. The number of piperazine rings is 1. The van der Waals surface area contributed by atoms with Crippen molar-refractivity contribution in [3.05, 3.63) is 65.4 Å². The molecule has 0 bridgehead atoms. The largest absolute Gasteiger partial charge is 0.384 e. The fourth-order valence-corrected chi connectivity index (χ4v) is 5.56. The van der Waals surface area contributed by atoms with Gasteiger partial charge in [-0.05, 0) is 44.7 Å². The molecule has 1 aliphatic heterocycles. The Morgan fingerprint density at radius 3 is 2.56 bits per heavy atom. The summed E-state index contributed by atoms with van der Waals surface area (Å²) in [7, 11) is 0. The third kappa shape index (κ3) is 4.92. The minimum atomic E-state index is -2.88. The number of halogens is 3. The summed E-state index contributed by atoms with van der Waals surface area (Å²) in [5.41, 5.74) is 0.452. The molecule has 1 aliphatic carbocycles. The lowest BCUT2D eigenvalue weighted by Crippen LogP contribution is -2.50. The predicted octanol–water partition coefficient (Wildman–Crippen LogP) is 4.92. The molecule has 1 atom stereocenters. The average Bonchev–Trinajstić information content (AvgIpc) is 2.89. The molecule has 0 spiro atoms. The van der Waals surface area contributed by atoms with E-state index in [2.05, 4.69) is 25.5 Å². The van der Waals surface area contributed by atoms with Crippen molar-refractivity contribution in [1.82, 2.24) is 20.2 Å². The van der Waals surface area contributed by atoms with Gasteiger partial charge in [0.2, 0.25) is 0 Å². The van der Waals surface area contributed by atoms with Crippen molar-refractivity contribution >= 4 is 16.6 Å². The third-order valence-electron chi connectivity index (χ3n) is 7.69. The van der Waals surface area contributed by atoms with Crippen molar-refractivity contribution in [3.63, 3.8) is 0 Å². The van der Waals surface area contributed by atoms with Crippen LogP contribution in [0.25, 0.3) is 10.9 Å². The Morgan fingerprint density at radius 1 is 1.11 bits per heavy atom. The number of nitrogens with one attached hydrogen (secondary N) is 2. The van der Waals surface area contributed by atoms with Crippen LogP contribution in [-0.2, 0) is 5.60 Å². The van der Waals surface area contributed by atoms with Gasteiger partial charge in [0, 0.05) is 55.1 Å². The Morgan fingerprint density at radius 2 is 1.83 bits per heavy atom. The summed E-state index contributed by atoms with van der Waals surface area (Å²) in [6, 6.07) is 7.59. The summed E-state index contributed by atoms with van der Waals surface area (Å²) in [6.07, 6.45) is 3.47. The molecule has 192 valence electrons. The molecule has 1 saturated carbocycles. The first-order valence-electron chi connectivity index (χ1n) is 12.6. The van der Waals surface area contributed by atoms with Crippen LogP contribution in [0.15, 0.2) is 42.7 Å². The van der Waals surface area contributed by atoms with E-state index in [9.17, 15) is 18.3 Å². The van der Waals surface area contributed by atoms with Crippen LogP contribution in [0.3, 0.4) is 0 Å². The molecule has 3 aromatic rings. The molecule has 9 heteroatoms. The number of fused-ring (bicyclic) bond motifs is 1. The van der Waals surface area contributed by atoms with E-state index in [1.807, 2.05) is 6.07 Å². The van der Waals surface area contributed by atoms with Gasteiger partial charge in [-0.2, -0.15) is 0 Å². The third-order valence-corrected chi connectivity index (χ3v) is 7.69. The van der Waals surface area contributed by atoms with E-state index in [1.54, 1.807) is 25.4 Å². The van der Waals surface area contributed by atoms with E-state index in [0.29, 0.717) is 35.8 Å². The number of pyridine rings is 2. The van der Waals surface area contributed by atoms with E-state index in [1.165, 1.54) is 12.1 Å². The zero-order valence-electron chi connectivity index (χ0n) is 20.4. The summed E-state index contributed by atoms with van der Waals surface area (Å²) < 4.78 is 41.1. The Labute approximate surface area is 208 Å². The second-order valence-corrected chi connectivity index (χ2v) is 9.91. The second-order valence-electron chi connectivity index (χ2n) is 9.91. The molecule has 1 aromatic carbocycles. The van der Waals surface area contributed by atoms with Crippen LogP contribution < -0.4 is 10.6 Å². The maximum absolute atomic E-state index is 14.7. The minimum absolute atomic E-state index is 0.164. The van der Waals surface area contributed by atoms with E-state index >= 15 is 0 Å². The highest BCUT2D eigenvalue weighted by molar-refractivity contribution is 5.91. The normalized spacial score (nSPS) is 24.2. The van der Waals surface area contributed by atoms with Crippen LogP contribution >= 0.6 is 0 Å². The van der Waals surface area contributed by atoms with E-state index in [-0.39, 0.29) is 5.56 Å². The minimum Gasteiger partial charge on any atom is -0.384 e. The van der Waals surface area contributed by atoms with Crippen LogP contribution in [0.2, 0.25) is 0 Å². The Balaban J connectivity index is 1.38. The summed E-state index contributed by atoms with van der Waals surface area (Å²) in [5, 5.41) is 18.9. The van der Waals surface area contributed by atoms with Gasteiger partial charge >= 0.3 is 0 Å².